The van der Waals surface area contributed by atoms with Crippen molar-refractivity contribution in [2.75, 3.05) is 22.5 Å². The molecule has 4 N–H and O–H groups in total. The summed E-state index contributed by atoms with van der Waals surface area (Å²) >= 11 is 0. The maximum absolute atomic E-state index is 13.0. The van der Waals surface area contributed by atoms with E-state index >= 15 is 0 Å². The SMILES string of the molecule is CCCCNC(=O)c1cc(NC(=O)c2cc(NC(=O)c3nc(NC(=O)c4nc(C)cn4C)cn3C)cn2C)cn1C. The second-order valence-electron chi connectivity index (χ2n) is 9.80. The van der Waals surface area contributed by atoms with Crippen LogP contribution in [-0.2, 0) is 28.2 Å². The lowest BCUT2D eigenvalue weighted by Gasteiger charge is -2.04. The van der Waals surface area contributed by atoms with Crippen molar-refractivity contribution in [3.63, 3.8) is 0 Å². The number of anilines is 3. The van der Waals surface area contributed by atoms with E-state index in [-0.39, 0.29) is 29.1 Å². The van der Waals surface area contributed by atoms with E-state index in [2.05, 4.69) is 31.2 Å². The molecule has 0 atom stereocenters. The van der Waals surface area contributed by atoms with Crippen molar-refractivity contribution >= 4 is 40.8 Å². The molecule has 0 radical (unpaired) electrons. The van der Waals surface area contributed by atoms with Gasteiger partial charge in [-0.25, -0.2) is 9.97 Å². The van der Waals surface area contributed by atoms with Crippen LogP contribution >= 0.6 is 0 Å². The van der Waals surface area contributed by atoms with Crippen LogP contribution in [0.3, 0.4) is 0 Å². The Morgan fingerprint density at radius 3 is 1.80 bits per heavy atom. The molecule has 0 aliphatic rings. The Morgan fingerprint density at radius 1 is 0.683 bits per heavy atom. The van der Waals surface area contributed by atoms with Crippen LogP contribution in [0.4, 0.5) is 17.2 Å². The Hall–Kier alpha value is -5.14. The number of hydrogen-bond donors (Lipinski definition) is 4. The van der Waals surface area contributed by atoms with Gasteiger partial charge in [0.2, 0.25) is 5.82 Å². The number of unbranched alkanes of at least 4 members (excludes halogenated alkanes) is 1. The van der Waals surface area contributed by atoms with Crippen molar-refractivity contribution in [2.45, 2.75) is 26.7 Å². The Morgan fingerprint density at radius 2 is 1.22 bits per heavy atom. The molecule has 41 heavy (non-hydrogen) atoms. The summed E-state index contributed by atoms with van der Waals surface area (Å²) < 4.78 is 6.31. The van der Waals surface area contributed by atoms with Crippen LogP contribution in [0.5, 0.6) is 0 Å². The molecule has 4 heterocycles. The molecule has 0 aromatic carbocycles. The highest BCUT2D eigenvalue weighted by atomic mass is 16.2. The van der Waals surface area contributed by atoms with Crippen molar-refractivity contribution in [1.29, 1.82) is 0 Å². The normalized spacial score (nSPS) is 10.9. The standard InChI is InChI=1S/C27H34N10O4/c1-7-8-9-28-24(38)19-10-17(13-34(19)3)30-25(39)20-11-18(14-35(20)4)31-26(40)23-32-21(15-37(23)6)33-27(41)22-29-16(2)12-36(22)5/h10-15H,7-9H2,1-6H3,(H,28,38)(H,30,39)(H,31,40)(H,33,41). The quantitative estimate of drug-likeness (QED) is 0.217. The highest BCUT2D eigenvalue weighted by Crippen LogP contribution is 2.19. The first kappa shape index (κ1) is 28.9. The Labute approximate surface area is 236 Å². The third kappa shape index (κ3) is 6.54. The van der Waals surface area contributed by atoms with Crippen molar-refractivity contribution in [3.8, 4) is 0 Å². The number of carbonyl (C=O) groups is 4. The molecule has 4 amide bonds. The third-order valence-corrected chi connectivity index (χ3v) is 6.33. The molecule has 0 saturated carbocycles. The zero-order chi connectivity index (χ0) is 29.8. The molecule has 4 aromatic rings. The number of imidazole rings is 2. The Bertz CT molecular complexity index is 1620. The zero-order valence-electron chi connectivity index (χ0n) is 23.9. The van der Waals surface area contributed by atoms with Gasteiger partial charge >= 0.3 is 0 Å². The van der Waals surface area contributed by atoms with Crippen LogP contribution in [0, 0.1) is 6.92 Å². The molecule has 216 valence electrons. The minimum absolute atomic E-state index is 0.0557. The summed E-state index contributed by atoms with van der Waals surface area (Å²) in [5, 5.41) is 11.0. The number of amides is 4. The van der Waals surface area contributed by atoms with Gasteiger partial charge < -0.3 is 39.5 Å². The second kappa shape index (κ2) is 11.9. The van der Waals surface area contributed by atoms with E-state index < -0.39 is 17.7 Å². The number of aromatic nitrogens is 6. The van der Waals surface area contributed by atoms with Gasteiger partial charge in [0.25, 0.3) is 23.6 Å². The molecule has 0 aliphatic heterocycles. The molecular formula is C27H34N10O4. The van der Waals surface area contributed by atoms with Crippen LogP contribution in [0.25, 0.3) is 0 Å². The van der Waals surface area contributed by atoms with Crippen molar-refractivity contribution < 1.29 is 19.2 Å². The summed E-state index contributed by atoms with van der Waals surface area (Å²) in [5.74, 6) is -1.14. The lowest BCUT2D eigenvalue weighted by Crippen LogP contribution is -2.26. The molecule has 4 rings (SSSR count). The molecule has 0 unspecified atom stereocenters. The first-order valence-corrected chi connectivity index (χ1v) is 13.0. The number of nitrogens with one attached hydrogen (secondary N) is 4. The molecular weight excluding hydrogens is 528 g/mol. The number of hydrogen-bond acceptors (Lipinski definition) is 6. The first-order chi connectivity index (χ1) is 19.5. The van der Waals surface area contributed by atoms with Gasteiger partial charge in [0, 0.05) is 59.5 Å². The fourth-order valence-electron chi connectivity index (χ4n) is 4.31. The van der Waals surface area contributed by atoms with Gasteiger partial charge in [-0.15, -0.1) is 0 Å². The van der Waals surface area contributed by atoms with Gasteiger partial charge in [0.15, 0.2) is 11.6 Å². The molecule has 0 aliphatic carbocycles. The van der Waals surface area contributed by atoms with E-state index in [4.69, 9.17) is 0 Å². The second-order valence-corrected chi connectivity index (χ2v) is 9.80. The molecule has 0 fully saturated rings. The molecule has 14 nitrogen and oxygen atoms in total. The summed E-state index contributed by atoms with van der Waals surface area (Å²) in [6.07, 6.45) is 8.36. The van der Waals surface area contributed by atoms with Crippen LogP contribution in [0.15, 0.2) is 36.9 Å². The molecule has 0 saturated heterocycles. The molecule has 14 heteroatoms. The van der Waals surface area contributed by atoms with Crippen LogP contribution in [-0.4, -0.2) is 58.4 Å². The zero-order valence-corrected chi connectivity index (χ0v) is 23.9. The summed E-state index contributed by atoms with van der Waals surface area (Å²) in [6, 6.07) is 3.14. The predicted octanol–water partition coefficient (Wildman–Crippen LogP) is 2.43. The smallest absolute Gasteiger partial charge is 0.292 e. The lowest BCUT2D eigenvalue weighted by atomic mass is 10.3. The van der Waals surface area contributed by atoms with E-state index in [1.807, 2.05) is 6.92 Å². The van der Waals surface area contributed by atoms with E-state index in [0.717, 1.165) is 12.8 Å². The van der Waals surface area contributed by atoms with Gasteiger partial charge in [-0.2, -0.15) is 0 Å². The van der Waals surface area contributed by atoms with Gasteiger partial charge in [-0.3, -0.25) is 19.2 Å². The topological polar surface area (TPSA) is 162 Å². The summed E-state index contributed by atoms with van der Waals surface area (Å²) in [6.45, 7) is 4.41. The minimum atomic E-state index is -0.528. The van der Waals surface area contributed by atoms with Gasteiger partial charge in [-0.05, 0) is 25.5 Å². The van der Waals surface area contributed by atoms with Crippen molar-refractivity contribution in [2.24, 2.45) is 28.2 Å². The van der Waals surface area contributed by atoms with Gasteiger partial charge in [0.05, 0.1) is 17.1 Å². The van der Waals surface area contributed by atoms with Gasteiger partial charge in [-0.1, -0.05) is 13.3 Å². The van der Waals surface area contributed by atoms with Gasteiger partial charge in [0.1, 0.15) is 11.4 Å². The summed E-state index contributed by atoms with van der Waals surface area (Å²) in [7, 11) is 6.75. The Kier molecular flexibility index (Phi) is 8.40. The highest BCUT2D eigenvalue weighted by molar-refractivity contribution is 6.07. The molecule has 0 spiro atoms. The van der Waals surface area contributed by atoms with E-state index in [1.165, 1.54) is 16.8 Å². The molecule has 0 bridgehead atoms. The fraction of sp³-hybridized carbons (Fsp3) is 0.333. The highest BCUT2D eigenvalue weighted by Gasteiger charge is 2.20. The maximum Gasteiger partial charge on any atom is 0.292 e. The average Bonchev–Trinajstić information content (AvgIpc) is 3.65. The van der Waals surface area contributed by atoms with Crippen LogP contribution in [0.1, 0.15) is 67.7 Å². The van der Waals surface area contributed by atoms with Crippen molar-refractivity contribution in [1.82, 2.24) is 33.6 Å². The first-order valence-electron chi connectivity index (χ1n) is 13.0. The Balaban J connectivity index is 1.40. The fourth-order valence-corrected chi connectivity index (χ4v) is 4.31. The monoisotopic (exact) mass is 562 g/mol. The average molecular weight is 563 g/mol. The number of aryl methyl sites for hydroxylation is 5. The predicted molar refractivity (Wildman–Crippen MR) is 153 cm³/mol. The van der Waals surface area contributed by atoms with E-state index in [9.17, 15) is 19.2 Å². The number of nitrogens with zero attached hydrogens (tertiary/aromatic N) is 6. The number of rotatable bonds is 10. The lowest BCUT2D eigenvalue weighted by molar-refractivity contribution is 0.0942. The molecule has 4 aromatic heterocycles. The van der Waals surface area contributed by atoms with Crippen LogP contribution < -0.4 is 21.3 Å². The minimum Gasteiger partial charge on any atom is -0.351 e. The van der Waals surface area contributed by atoms with E-state index in [1.54, 1.807) is 73.5 Å². The maximum atomic E-state index is 13.0. The summed E-state index contributed by atoms with van der Waals surface area (Å²) in [5.41, 5.74) is 2.26. The van der Waals surface area contributed by atoms with Crippen molar-refractivity contribution in [3.05, 3.63) is 65.7 Å². The third-order valence-electron chi connectivity index (χ3n) is 6.33. The largest absolute Gasteiger partial charge is 0.351 e. The van der Waals surface area contributed by atoms with E-state index in [0.29, 0.717) is 29.3 Å². The number of carbonyl (C=O) groups excluding carboxylic acids is 4. The van der Waals surface area contributed by atoms with Crippen LogP contribution in [0.2, 0.25) is 0 Å². The summed E-state index contributed by atoms with van der Waals surface area (Å²) in [4.78, 5) is 59.4.